The minimum atomic E-state index is 0.600. The molecule has 3 aromatic rings. The number of hydrogen-bond donors (Lipinski definition) is 0. The Kier molecular flexibility index (Phi) is 5.34. The molecule has 1 aromatic carbocycles. The maximum absolute atomic E-state index is 4.49. The summed E-state index contributed by atoms with van der Waals surface area (Å²) in [5, 5.41) is 13.2. The largest absolute Gasteiger partial charge is 0.296 e. The first kappa shape index (κ1) is 17.9. The van der Waals surface area contributed by atoms with Crippen molar-refractivity contribution in [1.29, 1.82) is 0 Å². The third-order valence-corrected chi connectivity index (χ3v) is 5.54. The Balaban J connectivity index is 1.39. The van der Waals surface area contributed by atoms with Crippen molar-refractivity contribution in [2.45, 2.75) is 51.7 Å². The standard InChI is InChI=1S/C21H28N6/c1-17-19(14-25(2)23-17)15-26-12-7-6-10-20(26)11-13-27-16-21(22-24-27)18-8-4-3-5-9-18/h3-5,8-9,14,16,20H,6-7,10-13,15H2,1-2H3. The van der Waals surface area contributed by atoms with E-state index in [1.54, 1.807) is 0 Å². The molecule has 6 nitrogen and oxygen atoms in total. The van der Waals surface area contributed by atoms with Crippen LogP contribution in [0.5, 0.6) is 0 Å². The lowest BCUT2D eigenvalue weighted by Gasteiger charge is -2.35. The van der Waals surface area contributed by atoms with Gasteiger partial charge in [0.25, 0.3) is 0 Å². The fourth-order valence-electron chi connectivity index (χ4n) is 4.05. The lowest BCUT2D eigenvalue weighted by molar-refractivity contribution is 0.127. The highest BCUT2D eigenvalue weighted by Gasteiger charge is 2.23. The third kappa shape index (κ3) is 4.27. The zero-order valence-electron chi connectivity index (χ0n) is 16.3. The molecular formula is C21H28N6. The lowest BCUT2D eigenvalue weighted by Crippen LogP contribution is -2.39. The summed E-state index contributed by atoms with van der Waals surface area (Å²) in [5.74, 6) is 0. The fourth-order valence-corrected chi connectivity index (χ4v) is 4.05. The van der Waals surface area contributed by atoms with Crippen molar-refractivity contribution in [2.24, 2.45) is 7.05 Å². The number of aryl methyl sites for hydroxylation is 3. The zero-order chi connectivity index (χ0) is 18.6. The van der Waals surface area contributed by atoms with E-state index < -0.39 is 0 Å². The van der Waals surface area contributed by atoms with Gasteiger partial charge < -0.3 is 0 Å². The first-order chi connectivity index (χ1) is 13.2. The molecule has 1 atom stereocenters. The Morgan fingerprint density at radius 1 is 1.11 bits per heavy atom. The van der Waals surface area contributed by atoms with E-state index in [4.69, 9.17) is 0 Å². The average Bonchev–Trinajstić information content (AvgIpc) is 3.28. The fraction of sp³-hybridized carbons (Fsp3) is 0.476. The Morgan fingerprint density at radius 3 is 2.74 bits per heavy atom. The van der Waals surface area contributed by atoms with E-state index in [-0.39, 0.29) is 0 Å². The Hall–Kier alpha value is -2.47. The number of nitrogens with zero attached hydrogens (tertiary/aromatic N) is 6. The predicted octanol–water partition coefficient (Wildman–Crippen LogP) is 3.43. The van der Waals surface area contributed by atoms with Gasteiger partial charge in [0, 0.05) is 43.5 Å². The molecule has 142 valence electrons. The molecular weight excluding hydrogens is 336 g/mol. The van der Waals surface area contributed by atoms with E-state index in [0.29, 0.717) is 6.04 Å². The van der Waals surface area contributed by atoms with Crippen LogP contribution in [0.25, 0.3) is 11.3 Å². The summed E-state index contributed by atoms with van der Waals surface area (Å²) >= 11 is 0. The van der Waals surface area contributed by atoms with Crippen molar-refractivity contribution in [3.05, 3.63) is 54.0 Å². The highest BCUT2D eigenvalue weighted by atomic mass is 15.4. The minimum Gasteiger partial charge on any atom is -0.296 e. The average molecular weight is 364 g/mol. The van der Waals surface area contributed by atoms with Gasteiger partial charge in [-0.25, -0.2) is 0 Å². The highest BCUT2D eigenvalue weighted by molar-refractivity contribution is 5.57. The van der Waals surface area contributed by atoms with Crippen molar-refractivity contribution in [2.75, 3.05) is 6.54 Å². The van der Waals surface area contributed by atoms with Crippen LogP contribution in [-0.2, 0) is 20.1 Å². The van der Waals surface area contributed by atoms with Gasteiger partial charge in [-0.2, -0.15) is 5.10 Å². The molecule has 1 fully saturated rings. The summed E-state index contributed by atoms with van der Waals surface area (Å²) < 4.78 is 3.91. The van der Waals surface area contributed by atoms with Gasteiger partial charge in [-0.3, -0.25) is 14.3 Å². The van der Waals surface area contributed by atoms with Gasteiger partial charge in [0.15, 0.2) is 0 Å². The molecule has 0 amide bonds. The van der Waals surface area contributed by atoms with Crippen LogP contribution in [0.4, 0.5) is 0 Å². The summed E-state index contributed by atoms with van der Waals surface area (Å²) in [7, 11) is 2.00. The van der Waals surface area contributed by atoms with Gasteiger partial charge >= 0.3 is 0 Å². The maximum atomic E-state index is 4.49. The molecule has 1 aliphatic heterocycles. The summed E-state index contributed by atoms with van der Waals surface area (Å²) in [5.41, 5.74) is 4.55. The van der Waals surface area contributed by atoms with E-state index in [0.717, 1.165) is 36.5 Å². The number of likely N-dealkylation sites (tertiary alicyclic amines) is 1. The molecule has 1 unspecified atom stereocenters. The van der Waals surface area contributed by atoms with Crippen LogP contribution in [0.2, 0.25) is 0 Å². The molecule has 0 saturated carbocycles. The second-order valence-electron chi connectivity index (χ2n) is 7.56. The van der Waals surface area contributed by atoms with E-state index >= 15 is 0 Å². The van der Waals surface area contributed by atoms with Gasteiger partial charge in [-0.15, -0.1) is 5.10 Å². The van der Waals surface area contributed by atoms with Gasteiger partial charge in [-0.05, 0) is 32.7 Å². The maximum Gasteiger partial charge on any atom is 0.113 e. The van der Waals surface area contributed by atoms with Crippen LogP contribution in [0.1, 0.15) is 36.9 Å². The summed E-state index contributed by atoms with van der Waals surface area (Å²) in [6.45, 7) is 5.18. The predicted molar refractivity (Wildman–Crippen MR) is 106 cm³/mol. The molecule has 6 heteroatoms. The van der Waals surface area contributed by atoms with Crippen LogP contribution >= 0.6 is 0 Å². The van der Waals surface area contributed by atoms with Gasteiger partial charge in [-0.1, -0.05) is 42.0 Å². The van der Waals surface area contributed by atoms with Gasteiger partial charge in [0.05, 0.1) is 11.9 Å². The molecule has 3 heterocycles. The van der Waals surface area contributed by atoms with Crippen LogP contribution in [0.3, 0.4) is 0 Å². The second kappa shape index (κ2) is 8.05. The summed E-state index contributed by atoms with van der Waals surface area (Å²) in [6.07, 6.45) is 9.20. The van der Waals surface area contributed by atoms with Crippen molar-refractivity contribution < 1.29 is 0 Å². The van der Waals surface area contributed by atoms with E-state index in [1.807, 2.05) is 34.6 Å². The quantitative estimate of drug-likeness (QED) is 0.672. The Labute approximate surface area is 160 Å². The number of piperidine rings is 1. The van der Waals surface area contributed by atoms with Crippen molar-refractivity contribution >= 4 is 0 Å². The molecule has 2 aromatic heterocycles. The molecule has 1 saturated heterocycles. The first-order valence-corrected chi connectivity index (χ1v) is 9.88. The van der Waals surface area contributed by atoms with Gasteiger partial charge in [0.2, 0.25) is 0 Å². The Morgan fingerprint density at radius 2 is 1.96 bits per heavy atom. The number of rotatable bonds is 6. The van der Waals surface area contributed by atoms with E-state index in [9.17, 15) is 0 Å². The summed E-state index contributed by atoms with van der Waals surface area (Å²) in [6, 6.07) is 10.8. The molecule has 27 heavy (non-hydrogen) atoms. The van der Waals surface area contributed by atoms with Crippen molar-refractivity contribution in [3.63, 3.8) is 0 Å². The monoisotopic (exact) mass is 364 g/mol. The normalized spacial score (nSPS) is 18.1. The molecule has 0 bridgehead atoms. The van der Waals surface area contributed by atoms with Crippen LogP contribution < -0.4 is 0 Å². The van der Waals surface area contributed by atoms with E-state index in [2.05, 4.69) is 51.8 Å². The van der Waals surface area contributed by atoms with Crippen LogP contribution in [0, 0.1) is 6.92 Å². The first-order valence-electron chi connectivity index (χ1n) is 9.88. The minimum absolute atomic E-state index is 0.600. The number of benzene rings is 1. The smallest absolute Gasteiger partial charge is 0.113 e. The molecule has 0 spiro atoms. The SMILES string of the molecule is Cc1nn(C)cc1CN1CCCCC1CCn1cc(-c2ccccc2)nn1. The molecule has 0 aliphatic carbocycles. The van der Waals surface area contributed by atoms with E-state index in [1.165, 1.54) is 31.4 Å². The molecule has 1 aliphatic rings. The topological polar surface area (TPSA) is 51.8 Å². The second-order valence-corrected chi connectivity index (χ2v) is 7.56. The van der Waals surface area contributed by atoms with Crippen LogP contribution in [0.15, 0.2) is 42.7 Å². The van der Waals surface area contributed by atoms with Crippen LogP contribution in [-0.4, -0.2) is 42.3 Å². The Bertz CT molecular complexity index is 866. The molecule has 4 rings (SSSR count). The third-order valence-electron chi connectivity index (χ3n) is 5.54. The van der Waals surface area contributed by atoms with Gasteiger partial charge in [0.1, 0.15) is 5.69 Å². The number of hydrogen-bond acceptors (Lipinski definition) is 4. The van der Waals surface area contributed by atoms with Crippen molar-refractivity contribution in [1.82, 2.24) is 29.7 Å². The zero-order valence-corrected chi connectivity index (χ0v) is 16.3. The highest BCUT2D eigenvalue weighted by Crippen LogP contribution is 2.23. The molecule has 0 N–H and O–H groups in total. The lowest BCUT2D eigenvalue weighted by atomic mass is 9.98. The summed E-state index contributed by atoms with van der Waals surface area (Å²) in [4.78, 5) is 2.63. The van der Waals surface area contributed by atoms with Crippen molar-refractivity contribution in [3.8, 4) is 11.3 Å². The number of aromatic nitrogens is 5. The molecule has 0 radical (unpaired) electrons.